The third-order valence-corrected chi connectivity index (χ3v) is 10.6. The van der Waals surface area contributed by atoms with E-state index in [1.54, 1.807) is 5.32 Å². The van der Waals surface area contributed by atoms with Crippen LogP contribution in [0, 0.1) is 11.8 Å². The maximum Gasteiger partial charge on any atom is 0.471 e. The van der Waals surface area contributed by atoms with Gasteiger partial charge >= 0.3 is 17.8 Å². The minimum atomic E-state index is -5.06. The van der Waals surface area contributed by atoms with E-state index in [1.165, 1.54) is 0 Å². The normalized spacial score (nSPS) is 20.1. The summed E-state index contributed by atoms with van der Waals surface area (Å²) < 4.78 is 55.7. The Hall–Kier alpha value is -3.09. The van der Waals surface area contributed by atoms with Gasteiger partial charge in [-0.05, 0) is 23.7 Å². The summed E-state index contributed by atoms with van der Waals surface area (Å²) in [5.41, 5.74) is 6.66. The lowest BCUT2D eigenvalue weighted by Gasteiger charge is -2.37. The van der Waals surface area contributed by atoms with Crippen molar-refractivity contribution in [2.75, 3.05) is 19.9 Å². The Kier molecular flexibility index (Phi) is 9.75. The Morgan fingerprint density at radius 1 is 1.38 bits per heavy atom. The van der Waals surface area contributed by atoms with Crippen LogP contribution in [0.25, 0.3) is 10.4 Å². The molecule has 0 radical (unpaired) electrons. The molecule has 1 aromatic rings. The molecule has 1 fully saturated rings. The molecule has 1 amide bonds. The van der Waals surface area contributed by atoms with E-state index >= 15 is 0 Å². The molecule has 0 aromatic carbocycles. The lowest BCUT2D eigenvalue weighted by molar-refractivity contribution is -0.173. The highest BCUT2D eigenvalue weighted by molar-refractivity contribution is 6.74. The van der Waals surface area contributed by atoms with Crippen molar-refractivity contribution in [2.24, 2.45) is 5.11 Å². The molecule has 0 aliphatic carbocycles. The largest absolute Gasteiger partial charge is 0.471 e. The van der Waals surface area contributed by atoms with Gasteiger partial charge in [0, 0.05) is 17.5 Å². The van der Waals surface area contributed by atoms with Gasteiger partial charge in [-0.15, -0.1) is 0 Å². The summed E-state index contributed by atoms with van der Waals surface area (Å²) in [5, 5.41) is 4.85. The predicted octanol–water partition coefficient (Wildman–Crippen LogP) is 2.53. The van der Waals surface area contributed by atoms with Crippen LogP contribution in [0.15, 0.2) is 20.9 Å². The molecule has 1 aliphatic heterocycles. The zero-order valence-electron chi connectivity index (χ0n) is 21.0. The molecular formula is C21H29F3N6O6Si. The smallest absolute Gasteiger partial charge is 0.414 e. The van der Waals surface area contributed by atoms with Gasteiger partial charge in [0.25, 0.3) is 5.56 Å². The van der Waals surface area contributed by atoms with Crippen LogP contribution in [0.1, 0.15) is 39.0 Å². The number of carbonyl (C=O) groups is 1. The quantitative estimate of drug-likeness (QED) is 0.167. The number of carbonyl (C=O) groups excluding carboxylic acids is 1. The molecule has 1 saturated heterocycles. The second kappa shape index (κ2) is 12.0. The van der Waals surface area contributed by atoms with E-state index < -0.39 is 56.6 Å². The summed E-state index contributed by atoms with van der Waals surface area (Å²) in [6.07, 6.45) is -5.93. The minimum Gasteiger partial charge on any atom is -0.414 e. The maximum absolute atomic E-state index is 12.5. The highest BCUT2D eigenvalue weighted by atomic mass is 28.4. The van der Waals surface area contributed by atoms with Gasteiger partial charge in [-0.25, -0.2) is 4.79 Å². The van der Waals surface area contributed by atoms with Crippen molar-refractivity contribution >= 4 is 14.2 Å². The van der Waals surface area contributed by atoms with Gasteiger partial charge in [0.05, 0.1) is 19.3 Å². The predicted molar refractivity (Wildman–Crippen MR) is 128 cm³/mol. The van der Waals surface area contributed by atoms with Crippen LogP contribution >= 0.6 is 0 Å². The van der Waals surface area contributed by atoms with Gasteiger partial charge < -0.3 is 19.2 Å². The number of hydrogen-bond acceptors (Lipinski definition) is 7. The van der Waals surface area contributed by atoms with E-state index in [1.807, 2.05) is 0 Å². The number of nitrogens with one attached hydrogen (secondary N) is 2. The molecule has 2 N–H and O–H groups in total. The fourth-order valence-corrected chi connectivity index (χ4v) is 4.02. The molecule has 1 aromatic heterocycles. The van der Waals surface area contributed by atoms with Gasteiger partial charge in [-0.1, -0.05) is 37.7 Å². The van der Waals surface area contributed by atoms with Gasteiger partial charge in [0.15, 0.2) is 8.32 Å². The van der Waals surface area contributed by atoms with Crippen LogP contribution in [0.5, 0.6) is 0 Å². The fraction of sp³-hybridized carbons (Fsp3) is 0.667. The second-order valence-corrected chi connectivity index (χ2v) is 14.5. The number of H-pyrrole nitrogens is 1. The van der Waals surface area contributed by atoms with Gasteiger partial charge in [0.2, 0.25) is 0 Å². The average Bonchev–Trinajstić information content (AvgIpc) is 3.17. The van der Waals surface area contributed by atoms with Crippen LogP contribution in [0.4, 0.5) is 13.2 Å². The second-order valence-electron chi connectivity index (χ2n) is 9.69. The monoisotopic (exact) mass is 546 g/mol. The number of ether oxygens (including phenoxy) is 2. The van der Waals surface area contributed by atoms with Crippen LogP contribution < -0.4 is 16.6 Å². The first-order valence-electron chi connectivity index (χ1n) is 11.2. The molecule has 37 heavy (non-hydrogen) atoms. The Morgan fingerprint density at radius 3 is 2.65 bits per heavy atom. The number of aromatic amines is 1. The SMILES string of the molecule is CC(C)(C)[Si](C)(C)OC[C@H]1O[C@@H](n2cc(C#CCNC(=O)C(F)(F)F)c(=O)[nH]c2=O)CC1OCN=[N+]=[N-]. The Bertz CT molecular complexity index is 1210. The molecule has 12 nitrogen and oxygen atoms in total. The number of rotatable bonds is 8. The van der Waals surface area contributed by atoms with Crippen molar-refractivity contribution < 1.29 is 31.9 Å². The Balaban J connectivity index is 2.24. The zero-order valence-corrected chi connectivity index (χ0v) is 22.0. The Morgan fingerprint density at radius 2 is 2.05 bits per heavy atom. The fourth-order valence-electron chi connectivity index (χ4n) is 3.01. The number of alkyl halides is 3. The lowest BCUT2D eigenvalue weighted by atomic mass is 10.2. The summed E-state index contributed by atoms with van der Waals surface area (Å²) >= 11 is 0. The first-order valence-corrected chi connectivity index (χ1v) is 14.1. The first-order chi connectivity index (χ1) is 17.1. The number of aromatic nitrogens is 2. The van der Waals surface area contributed by atoms with Crippen LogP contribution in [-0.4, -0.2) is 62.0 Å². The molecule has 0 saturated carbocycles. The highest BCUT2D eigenvalue weighted by Crippen LogP contribution is 2.38. The van der Waals surface area contributed by atoms with Crippen molar-refractivity contribution in [1.82, 2.24) is 14.9 Å². The summed E-state index contributed by atoms with van der Waals surface area (Å²) in [7, 11) is -2.16. The zero-order chi connectivity index (χ0) is 28.0. The van der Waals surface area contributed by atoms with Crippen molar-refractivity contribution in [2.45, 2.75) is 69.9 Å². The lowest BCUT2D eigenvalue weighted by Crippen LogP contribution is -2.44. The molecule has 0 bridgehead atoms. The van der Waals surface area contributed by atoms with Crippen molar-refractivity contribution in [3.05, 3.63) is 43.0 Å². The molecule has 16 heteroatoms. The number of nitrogens with zero attached hydrogens (tertiary/aromatic N) is 4. The summed E-state index contributed by atoms with van der Waals surface area (Å²) in [4.78, 5) is 40.2. The van der Waals surface area contributed by atoms with Gasteiger partial charge in [-0.2, -0.15) is 13.2 Å². The molecule has 1 aliphatic rings. The van der Waals surface area contributed by atoms with Crippen molar-refractivity contribution in [1.29, 1.82) is 0 Å². The van der Waals surface area contributed by atoms with Crippen LogP contribution in [0.3, 0.4) is 0 Å². The van der Waals surface area contributed by atoms with E-state index in [4.69, 9.17) is 19.4 Å². The maximum atomic E-state index is 12.5. The summed E-state index contributed by atoms with van der Waals surface area (Å²) in [6.45, 7) is 9.55. The standard InChI is InChI=1S/C21H29F3N6O6Si/c1-20(2,3)37(4,5)35-11-15-14(34-12-27-29-25)9-16(36-15)30-10-13(17(31)28-19(30)33)7-6-8-26-18(32)21(22,23)24/h10,14-16H,8-9,11-12H2,1-5H3,(H,26,32)(H,28,31,33)/t14?,15-,16-/m1/s1. The van der Waals surface area contributed by atoms with E-state index in [2.05, 4.69) is 60.7 Å². The van der Waals surface area contributed by atoms with Gasteiger partial charge in [0.1, 0.15) is 24.6 Å². The summed E-state index contributed by atoms with van der Waals surface area (Å²) in [5.74, 6) is 2.41. The molecular weight excluding hydrogens is 517 g/mol. The highest BCUT2D eigenvalue weighted by Gasteiger charge is 2.42. The number of halogens is 3. The molecule has 204 valence electrons. The van der Waals surface area contributed by atoms with Crippen molar-refractivity contribution in [3.8, 4) is 11.8 Å². The number of azide groups is 1. The molecule has 2 rings (SSSR count). The average molecular weight is 547 g/mol. The Labute approximate surface area is 211 Å². The summed E-state index contributed by atoms with van der Waals surface area (Å²) in [6, 6.07) is 0. The molecule has 1 unspecified atom stereocenters. The van der Waals surface area contributed by atoms with Crippen LogP contribution in [-0.2, 0) is 18.7 Å². The van der Waals surface area contributed by atoms with Crippen molar-refractivity contribution in [3.63, 3.8) is 0 Å². The topological polar surface area (TPSA) is 160 Å². The third kappa shape index (κ3) is 8.20. The molecule has 0 spiro atoms. The first kappa shape index (κ1) is 30.1. The number of hydrogen-bond donors (Lipinski definition) is 2. The van der Waals surface area contributed by atoms with Crippen LogP contribution in [0.2, 0.25) is 18.1 Å². The van der Waals surface area contributed by atoms with E-state index in [0.29, 0.717) is 0 Å². The minimum absolute atomic E-state index is 0.0740. The van der Waals surface area contributed by atoms with E-state index in [-0.39, 0.29) is 30.4 Å². The van der Waals surface area contributed by atoms with E-state index in [0.717, 1.165) is 10.8 Å². The number of amides is 1. The molecule has 2 heterocycles. The van der Waals surface area contributed by atoms with Gasteiger partial charge in [-0.3, -0.25) is 19.1 Å². The molecule has 3 atom stereocenters. The third-order valence-electron chi connectivity index (χ3n) is 6.10. The van der Waals surface area contributed by atoms with E-state index in [9.17, 15) is 27.6 Å².